The number of carbonyl (C=O) groups excluding carboxylic acids is 6. The molecule has 0 radical (unpaired) electrons. The van der Waals surface area contributed by atoms with E-state index in [0.29, 0.717) is 25.8 Å². The van der Waals surface area contributed by atoms with Crippen molar-refractivity contribution in [3.05, 3.63) is 35.9 Å². The second-order valence-electron chi connectivity index (χ2n) is 11.1. The molecule has 1 aromatic carbocycles. The van der Waals surface area contributed by atoms with Crippen molar-refractivity contribution < 1.29 is 33.5 Å². The van der Waals surface area contributed by atoms with Crippen LogP contribution in [0.25, 0.3) is 0 Å². The van der Waals surface area contributed by atoms with Crippen molar-refractivity contribution in [1.82, 2.24) is 20.4 Å². The Morgan fingerprint density at radius 3 is 2.29 bits per heavy atom. The van der Waals surface area contributed by atoms with Crippen LogP contribution in [0.15, 0.2) is 30.3 Å². The third-order valence-electron chi connectivity index (χ3n) is 7.80. The van der Waals surface area contributed by atoms with E-state index in [-0.39, 0.29) is 31.3 Å². The van der Waals surface area contributed by atoms with Crippen molar-refractivity contribution in [1.29, 1.82) is 0 Å². The summed E-state index contributed by atoms with van der Waals surface area (Å²) in [6.07, 6.45) is 0.780. The van der Waals surface area contributed by atoms with Gasteiger partial charge in [-0.1, -0.05) is 64.4 Å². The van der Waals surface area contributed by atoms with Gasteiger partial charge in [-0.05, 0) is 36.7 Å². The molecule has 5 atom stereocenters. The van der Waals surface area contributed by atoms with Crippen molar-refractivity contribution in [2.24, 2.45) is 17.6 Å². The van der Waals surface area contributed by atoms with Crippen LogP contribution in [-0.4, -0.2) is 76.1 Å². The van der Waals surface area contributed by atoms with Gasteiger partial charge in [0.15, 0.2) is 0 Å². The summed E-state index contributed by atoms with van der Waals surface area (Å²) in [6, 6.07) is 5.11. The minimum Gasteiger partial charge on any atom is -0.444 e. The molecule has 6 amide bonds. The molecule has 2 saturated heterocycles. The summed E-state index contributed by atoms with van der Waals surface area (Å²) in [5.41, 5.74) is 6.22. The van der Waals surface area contributed by atoms with Gasteiger partial charge in [-0.3, -0.25) is 24.0 Å². The highest BCUT2D eigenvalue weighted by molar-refractivity contribution is 6.02. The molecule has 12 heteroatoms. The second-order valence-corrected chi connectivity index (χ2v) is 11.1. The van der Waals surface area contributed by atoms with Gasteiger partial charge in [0.25, 0.3) is 0 Å². The molecule has 0 unspecified atom stereocenters. The highest BCUT2D eigenvalue weighted by Gasteiger charge is 2.43. The minimum absolute atomic E-state index is 0.0144. The normalized spacial score (nSPS) is 20.9. The van der Waals surface area contributed by atoms with Crippen LogP contribution in [0.1, 0.15) is 65.4 Å². The molecule has 4 N–H and O–H groups in total. The number of nitrogens with zero attached hydrogens (tertiary/aromatic N) is 2. The number of benzene rings is 1. The standard InChI is InChI=1S/C29H41N5O7/c1-5-18(4)24(27(38)31-23(17(2)3)28(39)33-15-9-12-20(33)25(30)36)32-26(37)21-13-14-22(35)34(21)29(40)41-16-19-10-7-6-8-11-19/h6-8,10-11,17-18,20-21,23-24H,5,9,12-16H2,1-4H3,(H2,30,36)(H,31,38)(H,32,37)/t18-,20-,21+,23+,24-/m1/s1. The fourth-order valence-electron chi connectivity index (χ4n) is 5.16. The Morgan fingerprint density at radius 2 is 1.68 bits per heavy atom. The zero-order chi connectivity index (χ0) is 30.3. The molecule has 2 aliphatic rings. The Labute approximate surface area is 240 Å². The van der Waals surface area contributed by atoms with E-state index in [4.69, 9.17) is 10.5 Å². The highest BCUT2D eigenvalue weighted by atomic mass is 16.6. The van der Waals surface area contributed by atoms with Gasteiger partial charge < -0.3 is 26.0 Å². The van der Waals surface area contributed by atoms with Crippen LogP contribution in [0.3, 0.4) is 0 Å². The molecule has 2 heterocycles. The third-order valence-corrected chi connectivity index (χ3v) is 7.80. The fraction of sp³-hybridized carbons (Fsp3) is 0.586. The monoisotopic (exact) mass is 571 g/mol. The summed E-state index contributed by atoms with van der Waals surface area (Å²) in [4.78, 5) is 79.7. The smallest absolute Gasteiger partial charge is 0.417 e. The molecule has 0 saturated carbocycles. The minimum atomic E-state index is -1.13. The average molecular weight is 572 g/mol. The molecule has 12 nitrogen and oxygen atoms in total. The number of amides is 6. The van der Waals surface area contributed by atoms with Gasteiger partial charge in [0.05, 0.1) is 0 Å². The zero-order valence-corrected chi connectivity index (χ0v) is 24.1. The Balaban J connectivity index is 1.71. The van der Waals surface area contributed by atoms with Crippen LogP contribution in [0.4, 0.5) is 4.79 Å². The molecule has 2 aliphatic heterocycles. The average Bonchev–Trinajstić information content (AvgIpc) is 3.60. The van der Waals surface area contributed by atoms with Crippen LogP contribution in [0.5, 0.6) is 0 Å². The maximum atomic E-state index is 13.5. The van der Waals surface area contributed by atoms with E-state index in [9.17, 15) is 28.8 Å². The first-order valence-corrected chi connectivity index (χ1v) is 14.2. The number of hydrogen-bond acceptors (Lipinski definition) is 7. The topological polar surface area (TPSA) is 168 Å². The van der Waals surface area contributed by atoms with E-state index in [1.807, 2.05) is 13.0 Å². The first kappa shape index (κ1) is 31.6. The lowest BCUT2D eigenvalue weighted by atomic mass is 9.95. The van der Waals surface area contributed by atoms with Gasteiger partial charge in [0.2, 0.25) is 29.5 Å². The van der Waals surface area contributed by atoms with E-state index in [0.717, 1.165) is 10.5 Å². The van der Waals surface area contributed by atoms with Crippen LogP contribution in [0.2, 0.25) is 0 Å². The highest BCUT2D eigenvalue weighted by Crippen LogP contribution is 2.23. The maximum absolute atomic E-state index is 13.5. The van der Waals surface area contributed by atoms with Crippen molar-refractivity contribution in [3.63, 3.8) is 0 Å². The lowest BCUT2D eigenvalue weighted by Crippen LogP contribution is -2.60. The molecule has 0 spiro atoms. The summed E-state index contributed by atoms with van der Waals surface area (Å²) in [5, 5.41) is 5.49. The summed E-state index contributed by atoms with van der Waals surface area (Å²) >= 11 is 0. The summed E-state index contributed by atoms with van der Waals surface area (Å²) in [6.45, 7) is 7.50. The van der Waals surface area contributed by atoms with Crippen molar-refractivity contribution in [2.75, 3.05) is 6.54 Å². The van der Waals surface area contributed by atoms with Crippen LogP contribution in [-0.2, 0) is 35.3 Å². The van der Waals surface area contributed by atoms with Crippen molar-refractivity contribution >= 4 is 35.6 Å². The number of rotatable bonds is 11. The summed E-state index contributed by atoms with van der Waals surface area (Å²) < 4.78 is 5.30. The molecule has 0 aromatic heterocycles. The summed E-state index contributed by atoms with van der Waals surface area (Å²) in [7, 11) is 0. The maximum Gasteiger partial charge on any atom is 0.417 e. The van der Waals surface area contributed by atoms with E-state index in [1.54, 1.807) is 45.0 Å². The largest absolute Gasteiger partial charge is 0.444 e. The fourth-order valence-corrected chi connectivity index (χ4v) is 5.16. The van der Waals surface area contributed by atoms with E-state index in [2.05, 4.69) is 10.6 Å². The molecule has 2 fully saturated rings. The van der Waals surface area contributed by atoms with E-state index in [1.165, 1.54) is 4.90 Å². The number of nitrogens with one attached hydrogen (secondary N) is 2. The van der Waals surface area contributed by atoms with Gasteiger partial charge in [-0.15, -0.1) is 0 Å². The first-order chi connectivity index (χ1) is 19.5. The number of imide groups is 1. The molecule has 224 valence electrons. The quantitative estimate of drug-likeness (QED) is 0.361. The lowest BCUT2D eigenvalue weighted by Gasteiger charge is -2.32. The molecule has 0 aliphatic carbocycles. The van der Waals surface area contributed by atoms with Gasteiger partial charge in [0.1, 0.15) is 30.8 Å². The predicted molar refractivity (Wildman–Crippen MR) is 149 cm³/mol. The number of hydrogen-bond donors (Lipinski definition) is 3. The van der Waals surface area contributed by atoms with Gasteiger partial charge >= 0.3 is 6.09 Å². The number of primary amides is 1. The van der Waals surface area contributed by atoms with Crippen LogP contribution < -0.4 is 16.4 Å². The lowest BCUT2D eigenvalue weighted by molar-refractivity contribution is -0.142. The van der Waals surface area contributed by atoms with E-state index < -0.39 is 59.8 Å². The Morgan fingerprint density at radius 1 is 1.00 bits per heavy atom. The molecule has 1 aromatic rings. The molecule has 41 heavy (non-hydrogen) atoms. The van der Waals surface area contributed by atoms with Crippen LogP contribution in [0, 0.1) is 11.8 Å². The van der Waals surface area contributed by atoms with Gasteiger partial charge in [0, 0.05) is 13.0 Å². The molecule has 0 bridgehead atoms. The van der Waals surface area contributed by atoms with Gasteiger partial charge in [-0.25, -0.2) is 9.69 Å². The first-order valence-electron chi connectivity index (χ1n) is 14.2. The molecular formula is C29H41N5O7. The zero-order valence-electron chi connectivity index (χ0n) is 24.1. The molecular weight excluding hydrogens is 530 g/mol. The predicted octanol–water partition coefficient (Wildman–Crippen LogP) is 1.46. The number of nitrogens with two attached hydrogens (primary N) is 1. The number of likely N-dealkylation sites (tertiary alicyclic amines) is 2. The Hall–Kier alpha value is -3.96. The van der Waals surface area contributed by atoms with Crippen molar-refractivity contribution in [2.45, 2.75) is 90.6 Å². The van der Waals surface area contributed by atoms with E-state index >= 15 is 0 Å². The molecule has 3 rings (SSSR count). The Kier molecular flexibility index (Phi) is 10.8. The van der Waals surface area contributed by atoms with Gasteiger partial charge in [-0.2, -0.15) is 0 Å². The second kappa shape index (κ2) is 14.1. The summed E-state index contributed by atoms with van der Waals surface area (Å²) in [5.74, 6) is -3.40. The Bertz CT molecular complexity index is 1140. The van der Waals surface area contributed by atoms with Crippen LogP contribution >= 0.6 is 0 Å². The SMILES string of the molecule is CC[C@@H](C)[C@@H](NC(=O)[C@@H]1CCC(=O)N1C(=O)OCc1ccccc1)C(=O)N[C@H](C(=O)N1CCC[C@@H]1C(N)=O)C(C)C. The third kappa shape index (κ3) is 7.62. The number of ether oxygens (including phenoxy) is 1. The number of carbonyl (C=O) groups is 6. The van der Waals surface area contributed by atoms with Crippen molar-refractivity contribution in [3.8, 4) is 0 Å².